The molecule has 0 amide bonds. The van der Waals surface area contributed by atoms with Crippen LogP contribution in [0.2, 0.25) is 0 Å². The molecule has 0 fully saturated rings. The summed E-state index contributed by atoms with van der Waals surface area (Å²) in [6.07, 6.45) is 2.98. The summed E-state index contributed by atoms with van der Waals surface area (Å²) >= 11 is 0. The molecule has 0 atom stereocenters. The molecule has 0 saturated heterocycles. The standard InChI is InChI=1S/C49H37FN4O.Pd/c1-4-43-49(48-39(33-15-8-6-9-16-33)20-14-21-40(48)34-17-10-7-11-18-34)44(5-2)54(52-43)36-27-32(3)28-38(30-36)55-37-23-24-42-41-19-12-13-22-45(41)53(46(42)31-37)47-29-35(50)25-26-51-47;/h6-29H,4-5H2,1-3H3;/q-2;+2. The van der Waals surface area contributed by atoms with Crippen LogP contribution in [0.15, 0.2) is 146 Å². The maximum Gasteiger partial charge on any atom is 2.00 e. The Kier molecular flexibility index (Phi) is 10.2. The summed E-state index contributed by atoms with van der Waals surface area (Å²) in [5.74, 6) is 1.17. The van der Waals surface area contributed by atoms with Crippen molar-refractivity contribution in [1.29, 1.82) is 0 Å². The van der Waals surface area contributed by atoms with E-state index in [1.807, 2.05) is 45.6 Å². The number of ether oxygens (including phenoxy) is 1. The minimum Gasteiger partial charge on any atom is -0.509 e. The Balaban J connectivity index is 0.00000441. The van der Waals surface area contributed by atoms with Crippen molar-refractivity contribution in [2.75, 3.05) is 0 Å². The molecule has 276 valence electrons. The third kappa shape index (κ3) is 6.64. The number of hydrogen-bond donors (Lipinski definition) is 0. The van der Waals surface area contributed by atoms with Crippen LogP contribution in [0.4, 0.5) is 4.39 Å². The summed E-state index contributed by atoms with van der Waals surface area (Å²) in [4.78, 5) is 4.50. The predicted octanol–water partition coefficient (Wildman–Crippen LogP) is 12.3. The van der Waals surface area contributed by atoms with Crippen LogP contribution < -0.4 is 4.74 Å². The van der Waals surface area contributed by atoms with Crippen LogP contribution in [-0.2, 0) is 33.3 Å². The normalized spacial score (nSPS) is 11.2. The number of fused-ring (bicyclic) bond motifs is 3. The molecule has 5 nitrogen and oxygen atoms in total. The van der Waals surface area contributed by atoms with Crippen molar-refractivity contribution in [2.24, 2.45) is 0 Å². The molecule has 0 bridgehead atoms. The van der Waals surface area contributed by atoms with Gasteiger partial charge in [0.25, 0.3) is 0 Å². The van der Waals surface area contributed by atoms with Gasteiger partial charge in [0.2, 0.25) is 0 Å². The number of hydrogen-bond acceptors (Lipinski definition) is 3. The third-order valence-corrected chi connectivity index (χ3v) is 10.1. The first-order chi connectivity index (χ1) is 27.0. The molecule has 56 heavy (non-hydrogen) atoms. The van der Waals surface area contributed by atoms with E-state index in [-0.39, 0.29) is 26.2 Å². The van der Waals surface area contributed by atoms with Crippen molar-refractivity contribution in [1.82, 2.24) is 19.3 Å². The molecular formula is C49H37FN4OPd. The second kappa shape index (κ2) is 15.5. The maximum atomic E-state index is 14.4. The third-order valence-electron chi connectivity index (χ3n) is 10.1. The number of rotatable bonds is 9. The Labute approximate surface area is 339 Å². The van der Waals surface area contributed by atoms with Gasteiger partial charge in [0.05, 0.1) is 5.69 Å². The zero-order valence-corrected chi connectivity index (χ0v) is 32.7. The number of aromatic nitrogens is 4. The first-order valence-electron chi connectivity index (χ1n) is 18.6. The number of halogens is 1. The van der Waals surface area contributed by atoms with Crippen LogP contribution in [0, 0.1) is 24.9 Å². The summed E-state index contributed by atoms with van der Waals surface area (Å²) in [6, 6.07) is 53.6. The summed E-state index contributed by atoms with van der Waals surface area (Å²) < 4.78 is 25.0. The second-order valence-electron chi connectivity index (χ2n) is 13.6. The molecule has 7 heteroatoms. The molecular weight excluding hydrogens is 786 g/mol. The predicted molar refractivity (Wildman–Crippen MR) is 220 cm³/mol. The zero-order chi connectivity index (χ0) is 37.5. The Hall–Kier alpha value is -6.13. The average molecular weight is 823 g/mol. The van der Waals surface area contributed by atoms with Gasteiger partial charge < -0.3 is 9.30 Å². The molecule has 3 aromatic heterocycles. The van der Waals surface area contributed by atoms with Crippen LogP contribution >= 0.6 is 0 Å². The van der Waals surface area contributed by atoms with Crippen molar-refractivity contribution in [3.05, 3.63) is 181 Å². The fourth-order valence-electron chi connectivity index (χ4n) is 7.74. The van der Waals surface area contributed by atoms with E-state index in [2.05, 4.69) is 129 Å². The van der Waals surface area contributed by atoms with Crippen LogP contribution in [0.1, 0.15) is 30.8 Å². The molecule has 9 aromatic rings. The van der Waals surface area contributed by atoms with Crippen molar-refractivity contribution >= 4 is 21.8 Å². The van der Waals surface area contributed by atoms with Gasteiger partial charge in [-0.1, -0.05) is 123 Å². The van der Waals surface area contributed by atoms with Gasteiger partial charge in [0.15, 0.2) is 0 Å². The summed E-state index contributed by atoms with van der Waals surface area (Å²) in [5.41, 5.74) is 12.6. The SMILES string of the molecule is CCc1nn(-c2[c-]c(Oc3[c-]c4c(cc3)c3ccccc3n4-c3cc(F)ccn3)cc(C)c2)c(CC)c1-c1c(-c2ccccc2)cccc1-c1ccccc1.[Pd+2]. The van der Waals surface area contributed by atoms with Crippen LogP contribution in [0.5, 0.6) is 11.5 Å². The fourth-order valence-corrected chi connectivity index (χ4v) is 7.74. The van der Waals surface area contributed by atoms with E-state index in [0.29, 0.717) is 17.3 Å². The van der Waals surface area contributed by atoms with Crippen LogP contribution in [0.25, 0.3) is 66.7 Å². The first-order valence-corrected chi connectivity index (χ1v) is 18.6. The molecule has 9 rings (SSSR count). The average Bonchev–Trinajstić information content (AvgIpc) is 3.76. The molecule has 0 saturated carbocycles. The van der Waals surface area contributed by atoms with Crippen LogP contribution in [0.3, 0.4) is 0 Å². The van der Waals surface area contributed by atoms with Gasteiger partial charge in [-0.3, -0.25) is 4.68 Å². The maximum absolute atomic E-state index is 14.4. The van der Waals surface area contributed by atoms with E-state index in [0.717, 1.165) is 74.0 Å². The summed E-state index contributed by atoms with van der Waals surface area (Å²) in [7, 11) is 0. The molecule has 0 aliphatic heterocycles. The van der Waals surface area contributed by atoms with Gasteiger partial charge in [0.1, 0.15) is 11.6 Å². The molecule has 0 unspecified atom stereocenters. The molecule has 0 aliphatic carbocycles. The minimum absolute atomic E-state index is 0. The van der Waals surface area contributed by atoms with E-state index >= 15 is 0 Å². The van der Waals surface area contributed by atoms with Gasteiger partial charge in [0, 0.05) is 46.1 Å². The molecule has 6 aromatic carbocycles. The van der Waals surface area contributed by atoms with Crippen molar-refractivity contribution in [3.8, 4) is 56.4 Å². The Morgan fingerprint density at radius 1 is 0.661 bits per heavy atom. The molecule has 0 aliphatic rings. The smallest absolute Gasteiger partial charge is 0.509 e. The van der Waals surface area contributed by atoms with Gasteiger partial charge in [-0.15, -0.1) is 35.7 Å². The summed E-state index contributed by atoms with van der Waals surface area (Å²) in [6.45, 7) is 6.41. The quantitative estimate of drug-likeness (QED) is 0.108. The number of benzene rings is 6. The Bertz CT molecular complexity index is 2790. The Morgan fingerprint density at radius 2 is 1.36 bits per heavy atom. The number of nitrogens with zero attached hydrogens (tertiary/aromatic N) is 4. The van der Waals surface area contributed by atoms with Crippen molar-refractivity contribution in [2.45, 2.75) is 33.6 Å². The van der Waals surface area contributed by atoms with Gasteiger partial charge >= 0.3 is 20.4 Å². The monoisotopic (exact) mass is 822 g/mol. The van der Waals surface area contributed by atoms with E-state index in [4.69, 9.17) is 9.84 Å². The van der Waals surface area contributed by atoms with Gasteiger partial charge in [-0.2, -0.15) is 16.7 Å². The minimum atomic E-state index is -0.357. The zero-order valence-electron chi connectivity index (χ0n) is 31.2. The first kappa shape index (κ1) is 36.8. The number of para-hydroxylation sites is 1. The fraction of sp³-hybridized carbons (Fsp3) is 0.102. The largest absolute Gasteiger partial charge is 2.00 e. The topological polar surface area (TPSA) is 44.9 Å². The molecule has 0 spiro atoms. The molecule has 0 radical (unpaired) electrons. The number of pyridine rings is 1. The van der Waals surface area contributed by atoms with E-state index in [1.54, 1.807) is 0 Å². The molecule has 3 heterocycles. The molecule has 0 N–H and O–H groups in total. The summed E-state index contributed by atoms with van der Waals surface area (Å²) in [5, 5.41) is 7.29. The van der Waals surface area contributed by atoms with Gasteiger partial charge in [-0.25, -0.2) is 9.37 Å². The van der Waals surface area contributed by atoms with E-state index < -0.39 is 0 Å². The van der Waals surface area contributed by atoms with Crippen molar-refractivity contribution < 1.29 is 29.6 Å². The van der Waals surface area contributed by atoms with Crippen molar-refractivity contribution in [3.63, 3.8) is 0 Å². The van der Waals surface area contributed by atoms with Gasteiger partial charge in [-0.05, 0) is 58.3 Å². The second-order valence-corrected chi connectivity index (χ2v) is 13.6. The van der Waals surface area contributed by atoms with E-state index in [9.17, 15) is 4.39 Å². The van der Waals surface area contributed by atoms with E-state index in [1.165, 1.54) is 35.0 Å². The van der Waals surface area contributed by atoms with Crippen LogP contribution in [-0.4, -0.2) is 19.3 Å². The number of aryl methyl sites for hydroxylation is 2. The Morgan fingerprint density at radius 3 is 2.04 bits per heavy atom.